The summed E-state index contributed by atoms with van der Waals surface area (Å²) in [6.45, 7) is 0.744. The van der Waals surface area contributed by atoms with E-state index >= 15 is 0 Å². The third-order valence-electron chi connectivity index (χ3n) is 3.21. The number of rotatable bonds is 6. The Kier molecular flexibility index (Phi) is 5.76. The molecule has 0 spiro atoms. The number of hydrogen-bond acceptors (Lipinski definition) is 1. The Morgan fingerprint density at radius 1 is 0.950 bits per heavy atom. The van der Waals surface area contributed by atoms with E-state index in [0.717, 1.165) is 19.4 Å². The van der Waals surface area contributed by atoms with Crippen LogP contribution in [0.3, 0.4) is 0 Å². The Hall–Kier alpha value is -1.66. The largest absolute Gasteiger partial charge is 0.356 e. The predicted molar refractivity (Wildman–Crippen MR) is 87.8 cm³/mol. The number of benzene rings is 2. The van der Waals surface area contributed by atoms with Crippen molar-refractivity contribution in [1.82, 2.24) is 5.32 Å². The summed E-state index contributed by atoms with van der Waals surface area (Å²) in [5.41, 5.74) is 3.79. The van der Waals surface area contributed by atoms with Crippen LogP contribution in [0.4, 0.5) is 0 Å². The van der Waals surface area contributed by atoms with Crippen molar-refractivity contribution >= 4 is 15.1 Å². The quantitative estimate of drug-likeness (QED) is 0.640. The van der Waals surface area contributed by atoms with Crippen molar-refractivity contribution in [3.05, 3.63) is 60.2 Å². The maximum Gasteiger partial charge on any atom is 0.223 e. The van der Waals surface area contributed by atoms with E-state index < -0.39 is 0 Å². The van der Waals surface area contributed by atoms with Crippen LogP contribution in [0.5, 0.6) is 0 Å². The van der Waals surface area contributed by atoms with Crippen LogP contribution in [0, 0.1) is 0 Å². The molecule has 2 nitrogen and oxygen atoms in total. The summed E-state index contributed by atoms with van der Waals surface area (Å²) in [5, 5.41) is 2.88. The second-order valence-electron chi connectivity index (χ2n) is 4.72. The summed E-state index contributed by atoms with van der Waals surface area (Å²) < 4.78 is 0. The van der Waals surface area contributed by atoms with Crippen molar-refractivity contribution in [3.8, 4) is 11.1 Å². The van der Waals surface area contributed by atoms with E-state index in [9.17, 15) is 4.79 Å². The van der Waals surface area contributed by atoms with E-state index in [2.05, 4.69) is 63.1 Å². The lowest BCUT2D eigenvalue weighted by Crippen LogP contribution is -2.25. The Labute approximate surface area is 122 Å². The van der Waals surface area contributed by atoms with Gasteiger partial charge in [-0.25, -0.2) is 0 Å². The van der Waals surface area contributed by atoms with E-state index in [4.69, 9.17) is 0 Å². The van der Waals surface area contributed by atoms with Crippen LogP contribution in [0.25, 0.3) is 11.1 Å². The zero-order chi connectivity index (χ0) is 14.2. The van der Waals surface area contributed by atoms with Gasteiger partial charge >= 0.3 is 0 Å². The van der Waals surface area contributed by atoms with Gasteiger partial charge in [0, 0.05) is 12.7 Å². The van der Waals surface area contributed by atoms with Gasteiger partial charge in [-0.05, 0) is 29.5 Å². The molecule has 1 N–H and O–H groups in total. The minimum atomic E-state index is 0.0921. The molecule has 0 heterocycles. The van der Waals surface area contributed by atoms with Crippen LogP contribution < -0.4 is 5.32 Å². The van der Waals surface area contributed by atoms with Crippen LogP contribution in [0.2, 0.25) is 0 Å². The van der Waals surface area contributed by atoms with Crippen molar-refractivity contribution in [2.24, 2.45) is 0 Å². The first-order chi connectivity index (χ1) is 9.79. The molecule has 0 aliphatic rings. The summed E-state index contributed by atoms with van der Waals surface area (Å²) in [6.07, 6.45) is 2.44. The highest BCUT2D eigenvalue weighted by Crippen LogP contribution is 2.19. The molecule has 0 bridgehead atoms. The normalized spacial score (nSPS) is 10.2. The highest BCUT2D eigenvalue weighted by Gasteiger charge is 1.99. The summed E-state index contributed by atoms with van der Waals surface area (Å²) >= 11 is 0. The molecule has 0 aromatic heterocycles. The minimum Gasteiger partial charge on any atom is -0.356 e. The van der Waals surface area contributed by atoms with Gasteiger partial charge in [0.15, 0.2) is 0 Å². The van der Waals surface area contributed by atoms with Gasteiger partial charge in [0.2, 0.25) is 5.91 Å². The summed E-state index contributed by atoms with van der Waals surface area (Å²) in [6, 6.07) is 19.0. The molecule has 2 rings (SSSR count). The molecule has 0 radical (unpaired) electrons. The summed E-state index contributed by atoms with van der Waals surface area (Å²) in [4.78, 5) is 11.1. The van der Waals surface area contributed by atoms with Crippen LogP contribution in [-0.4, -0.2) is 18.6 Å². The fraction of sp³-hybridized carbons (Fsp3) is 0.235. The molecule has 1 unspecified atom stereocenters. The van der Waals surface area contributed by atoms with E-state index in [1.54, 1.807) is 0 Å². The number of aryl methyl sites for hydroxylation is 1. The van der Waals surface area contributed by atoms with Gasteiger partial charge in [-0.1, -0.05) is 54.6 Å². The maximum atomic E-state index is 11.1. The lowest BCUT2D eigenvalue weighted by Gasteiger charge is -2.06. The first-order valence-corrected chi connectivity index (χ1v) is 7.72. The number of carbonyl (C=O) groups is 1. The molecule has 0 saturated heterocycles. The average Bonchev–Trinajstić information content (AvgIpc) is 2.52. The fourth-order valence-corrected chi connectivity index (χ4v) is 2.23. The molecule has 2 aromatic carbocycles. The Bertz CT molecular complexity index is 537. The minimum absolute atomic E-state index is 0.0921. The zero-order valence-corrected chi connectivity index (χ0v) is 12.7. The molecule has 0 aliphatic heterocycles. The number of nitrogens with one attached hydrogen (secondary N) is 1. The lowest BCUT2D eigenvalue weighted by molar-refractivity contribution is -0.118. The third kappa shape index (κ3) is 4.47. The Balaban J connectivity index is 1.85. The molecular weight excluding hydrogens is 265 g/mol. The summed E-state index contributed by atoms with van der Waals surface area (Å²) in [7, 11) is 2.43. The van der Waals surface area contributed by atoms with Crippen molar-refractivity contribution in [1.29, 1.82) is 0 Å². The van der Waals surface area contributed by atoms with E-state index in [-0.39, 0.29) is 5.91 Å². The number of amides is 1. The van der Waals surface area contributed by atoms with Crippen LogP contribution in [0.15, 0.2) is 54.6 Å². The van der Waals surface area contributed by atoms with Gasteiger partial charge in [-0.3, -0.25) is 4.79 Å². The van der Waals surface area contributed by atoms with Crippen molar-refractivity contribution in [3.63, 3.8) is 0 Å². The number of carbonyl (C=O) groups excluding carboxylic acids is 1. The Morgan fingerprint density at radius 3 is 2.25 bits per heavy atom. The van der Waals surface area contributed by atoms with Crippen molar-refractivity contribution in [2.45, 2.75) is 12.8 Å². The molecule has 0 fully saturated rings. The van der Waals surface area contributed by atoms with Crippen LogP contribution in [-0.2, 0) is 11.2 Å². The molecule has 2 aromatic rings. The SMILES string of the molecule is O=C(CP)NCCCc1ccc(-c2ccccc2)cc1. The third-order valence-corrected chi connectivity index (χ3v) is 3.58. The topological polar surface area (TPSA) is 29.1 Å². The van der Waals surface area contributed by atoms with Gasteiger partial charge < -0.3 is 5.32 Å². The smallest absolute Gasteiger partial charge is 0.223 e. The number of hydrogen-bond donors (Lipinski definition) is 1. The second-order valence-corrected chi connectivity index (χ2v) is 5.13. The van der Waals surface area contributed by atoms with E-state index in [0.29, 0.717) is 6.16 Å². The van der Waals surface area contributed by atoms with Crippen molar-refractivity contribution in [2.75, 3.05) is 12.7 Å². The first-order valence-electron chi connectivity index (χ1n) is 6.91. The van der Waals surface area contributed by atoms with E-state index in [1.165, 1.54) is 16.7 Å². The summed E-state index contributed by atoms with van der Waals surface area (Å²) in [5.74, 6) is 0.0921. The van der Waals surface area contributed by atoms with E-state index in [1.807, 2.05) is 6.07 Å². The maximum absolute atomic E-state index is 11.1. The van der Waals surface area contributed by atoms with Crippen LogP contribution >= 0.6 is 9.24 Å². The average molecular weight is 285 g/mol. The molecular formula is C17H20NOP. The molecule has 1 atom stereocenters. The first kappa shape index (κ1) is 14.7. The Morgan fingerprint density at radius 2 is 1.60 bits per heavy atom. The molecule has 20 heavy (non-hydrogen) atoms. The molecule has 1 amide bonds. The van der Waals surface area contributed by atoms with Gasteiger partial charge in [-0.15, -0.1) is 9.24 Å². The fourth-order valence-electron chi connectivity index (χ4n) is 2.09. The van der Waals surface area contributed by atoms with Gasteiger partial charge in [0.05, 0.1) is 0 Å². The molecule has 0 aliphatic carbocycles. The van der Waals surface area contributed by atoms with Crippen molar-refractivity contribution < 1.29 is 4.79 Å². The van der Waals surface area contributed by atoms with Gasteiger partial charge in [0.25, 0.3) is 0 Å². The second kappa shape index (κ2) is 7.81. The molecule has 0 saturated carbocycles. The van der Waals surface area contributed by atoms with Gasteiger partial charge in [0.1, 0.15) is 0 Å². The standard InChI is InChI=1S/C17H20NOP/c19-17(13-20)18-12-4-5-14-8-10-16(11-9-14)15-6-2-1-3-7-15/h1-3,6-11H,4-5,12-13,20H2,(H,18,19). The monoisotopic (exact) mass is 285 g/mol. The highest BCUT2D eigenvalue weighted by molar-refractivity contribution is 7.18. The predicted octanol–water partition coefficient (Wildman–Crippen LogP) is 3.28. The molecule has 104 valence electrons. The van der Waals surface area contributed by atoms with Crippen LogP contribution in [0.1, 0.15) is 12.0 Å². The zero-order valence-electron chi connectivity index (χ0n) is 11.5. The highest BCUT2D eigenvalue weighted by atomic mass is 31.0. The lowest BCUT2D eigenvalue weighted by atomic mass is 10.0. The van der Waals surface area contributed by atoms with Gasteiger partial charge in [-0.2, -0.15) is 0 Å². The molecule has 3 heteroatoms.